The van der Waals surface area contributed by atoms with E-state index in [1.807, 2.05) is 43.3 Å². The number of hydrogen-bond donors (Lipinski definition) is 1. The lowest BCUT2D eigenvalue weighted by Gasteiger charge is -2.32. The molecule has 1 N–H and O–H groups in total. The molecule has 3 rings (SSSR count). The molecule has 1 saturated heterocycles. The fourth-order valence-corrected chi connectivity index (χ4v) is 4.25. The molecule has 0 aliphatic carbocycles. The van der Waals surface area contributed by atoms with Crippen LogP contribution in [0.1, 0.15) is 63.5 Å². The zero-order valence-electron chi connectivity index (χ0n) is 17.7. The Bertz CT molecular complexity index is 779. The Morgan fingerprint density at radius 3 is 2.07 bits per heavy atom. The van der Waals surface area contributed by atoms with Crippen molar-refractivity contribution < 1.29 is 14.6 Å². The highest BCUT2D eigenvalue weighted by Gasteiger charge is 2.40. The molecule has 1 aliphatic heterocycles. The highest BCUT2D eigenvalue weighted by Crippen LogP contribution is 2.38. The van der Waals surface area contributed by atoms with Crippen molar-refractivity contribution in [3.8, 4) is 5.75 Å². The lowest BCUT2D eigenvalue weighted by atomic mass is 9.72. The van der Waals surface area contributed by atoms with Gasteiger partial charge in [-0.3, -0.25) is 4.79 Å². The summed E-state index contributed by atoms with van der Waals surface area (Å²) in [4.78, 5) is 14.9. The first kappa shape index (κ1) is 21.2. The highest BCUT2D eigenvalue weighted by atomic mass is 16.5. The number of anilines is 1. The molecule has 0 radical (unpaired) electrons. The summed E-state index contributed by atoms with van der Waals surface area (Å²) in [6, 6.07) is 15.7. The monoisotopic (exact) mass is 395 g/mol. The van der Waals surface area contributed by atoms with Crippen LogP contribution in [0.4, 0.5) is 5.69 Å². The third-order valence-corrected chi connectivity index (χ3v) is 6.09. The van der Waals surface area contributed by atoms with Crippen LogP contribution in [0, 0.1) is 0 Å². The molecule has 1 heterocycles. The third-order valence-electron chi connectivity index (χ3n) is 6.09. The van der Waals surface area contributed by atoms with Crippen LogP contribution < -0.4 is 9.64 Å². The zero-order chi connectivity index (χ0) is 20.7. The molecule has 0 bridgehead atoms. The van der Waals surface area contributed by atoms with E-state index in [4.69, 9.17) is 4.74 Å². The number of unbranched alkanes of at least 4 members (excludes halogenated alkanes) is 1. The van der Waals surface area contributed by atoms with E-state index < -0.39 is 11.4 Å². The van der Waals surface area contributed by atoms with Crippen LogP contribution in [0.15, 0.2) is 48.5 Å². The summed E-state index contributed by atoms with van der Waals surface area (Å²) < 4.78 is 5.74. The first-order valence-corrected chi connectivity index (χ1v) is 10.9. The number of rotatable bonds is 9. The number of benzene rings is 2. The van der Waals surface area contributed by atoms with Gasteiger partial charge in [0.1, 0.15) is 11.2 Å². The molecule has 4 nitrogen and oxygen atoms in total. The minimum absolute atomic E-state index is 0.488. The molecule has 2 aromatic carbocycles. The predicted octanol–water partition coefficient (Wildman–Crippen LogP) is 5.64. The number of hydrogen-bond acceptors (Lipinski definition) is 3. The molecular weight excluding hydrogens is 362 g/mol. The van der Waals surface area contributed by atoms with Crippen LogP contribution in [0.2, 0.25) is 0 Å². The van der Waals surface area contributed by atoms with E-state index in [9.17, 15) is 9.90 Å². The van der Waals surface area contributed by atoms with E-state index >= 15 is 0 Å². The van der Waals surface area contributed by atoms with Gasteiger partial charge in [-0.25, -0.2) is 0 Å². The van der Waals surface area contributed by atoms with Crippen molar-refractivity contribution >= 4 is 11.7 Å². The van der Waals surface area contributed by atoms with E-state index in [1.165, 1.54) is 24.9 Å². The molecule has 1 atom stereocenters. The molecule has 156 valence electrons. The van der Waals surface area contributed by atoms with Gasteiger partial charge in [-0.05, 0) is 67.5 Å². The SMILES string of the molecule is CCCCOc1ccc(C(CC)(C(=O)O)c2ccc(N3CCCCC3)cc2)cc1. The molecule has 2 aromatic rings. The van der Waals surface area contributed by atoms with Crippen molar-refractivity contribution in [2.75, 3.05) is 24.6 Å². The van der Waals surface area contributed by atoms with E-state index in [1.54, 1.807) is 0 Å². The zero-order valence-corrected chi connectivity index (χ0v) is 17.7. The fourth-order valence-electron chi connectivity index (χ4n) is 4.25. The van der Waals surface area contributed by atoms with Gasteiger partial charge in [0.25, 0.3) is 0 Å². The van der Waals surface area contributed by atoms with Gasteiger partial charge in [-0.2, -0.15) is 0 Å². The topological polar surface area (TPSA) is 49.8 Å². The van der Waals surface area contributed by atoms with E-state index in [0.717, 1.165) is 42.8 Å². The number of carboxylic acids is 1. The van der Waals surface area contributed by atoms with E-state index in [-0.39, 0.29) is 0 Å². The Morgan fingerprint density at radius 2 is 1.55 bits per heavy atom. The number of carbonyl (C=O) groups is 1. The Morgan fingerprint density at radius 1 is 0.966 bits per heavy atom. The first-order valence-electron chi connectivity index (χ1n) is 10.9. The molecule has 0 amide bonds. The lowest BCUT2D eigenvalue weighted by Crippen LogP contribution is -2.36. The highest BCUT2D eigenvalue weighted by molar-refractivity contribution is 5.86. The van der Waals surface area contributed by atoms with Gasteiger partial charge in [0.05, 0.1) is 6.61 Å². The summed E-state index contributed by atoms with van der Waals surface area (Å²) in [5.74, 6) is -0.0246. The van der Waals surface area contributed by atoms with Crippen molar-refractivity contribution in [2.45, 2.75) is 57.8 Å². The molecule has 0 spiro atoms. The van der Waals surface area contributed by atoms with Gasteiger partial charge in [0.2, 0.25) is 0 Å². The average molecular weight is 396 g/mol. The summed E-state index contributed by atoms with van der Waals surface area (Å²) in [5.41, 5.74) is 1.75. The van der Waals surface area contributed by atoms with Gasteiger partial charge >= 0.3 is 5.97 Å². The number of ether oxygens (including phenoxy) is 1. The molecule has 1 aliphatic rings. The summed E-state index contributed by atoms with van der Waals surface area (Å²) in [6.45, 7) is 6.92. The predicted molar refractivity (Wildman–Crippen MR) is 118 cm³/mol. The second kappa shape index (κ2) is 9.82. The van der Waals surface area contributed by atoms with Gasteiger partial charge in [0, 0.05) is 18.8 Å². The van der Waals surface area contributed by atoms with Gasteiger partial charge in [-0.15, -0.1) is 0 Å². The first-order chi connectivity index (χ1) is 14.1. The Labute approximate surface area is 174 Å². The molecule has 1 fully saturated rings. The van der Waals surface area contributed by atoms with Crippen molar-refractivity contribution in [1.82, 2.24) is 0 Å². The Hall–Kier alpha value is -2.49. The van der Waals surface area contributed by atoms with Crippen LogP contribution in [-0.4, -0.2) is 30.8 Å². The maximum atomic E-state index is 12.5. The number of nitrogens with zero attached hydrogens (tertiary/aromatic N) is 1. The van der Waals surface area contributed by atoms with Crippen molar-refractivity contribution in [3.63, 3.8) is 0 Å². The van der Waals surface area contributed by atoms with Gasteiger partial charge in [-0.1, -0.05) is 44.5 Å². The Balaban J connectivity index is 1.87. The van der Waals surface area contributed by atoms with Gasteiger partial charge < -0.3 is 14.7 Å². The molecular formula is C25H33NO3. The number of carboxylic acid groups (broad SMARTS) is 1. The minimum atomic E-state index is -1.05. The fraction of sp³-hybridized carbons (Fsp3) is 0.480. The maximum Gasteiger partial charge on any atom is 0.318 e. The summed E-state index contributed by atoms with van der Waals surface area (Å²) in [5, 5.41) is 10.2. The molecule has 0 saturated carbocycles. The third kappa shape index (κ3) is 4.58. The molecule has 4 heteroatoms. The van der Waals surface area contributed by atoms with Crippen LogP contribution in [0.25, 0.3) is 0 Å². The minimum Gasteiger partial charge on any atom is -0.494 e. The van der Waals surface area contributed by atoms with Crippen LogP contribution in [-0.2, 0) is 10.2 Å². The second-order valence-corrected chi connectivity index (χ2v) is 7.89. The van der Waals surface area contributed by atoms with Gasteiger partial charge in [0.15, 0.2) is 0 Å². The average Bonchev–Trinajstić information content (AvgIpc) is 2.77. The Kier molecular flexibility index (Phi) is 7.18. The van der Waals surface area contributed by atoms with Crippen LogP contribution >= 0.6 is 0 Å². The van der Waals surface area contributed by atoms with Crippen molar-refractivity contribution in [3.05, 3.63) is 59.7 Å². The molecule has 0 aromatic heterocycles. The normalized spacial score (nSPS) is 16.3. The van der Waals surface area contributed by atoms with Crippen LogP contribution in [0.3, 0.4) is 0 Å². The number of piperidine rings is 1. The van der Waals surface area contributed by atoms with Crippen LogP contribution in [0.5, 0.6) is 5.75 Å². The number of aliphatic carboxylic acids is 1. The summed E-state index contributed by atoms with van der Waals surface area (Å²) >= 11 is 0. The second-order valence-electron chi connectivity index (χ2n) is 7.89. The molecule has 1 unspecified atom stereocenters. The summed E-state index contributed by atoms with van der Waals surface area (Å²) in [6.07, 6.45) is 6.33. The standard InChI is InChI=1S/C25H33NO3/c1-3-5-19-29-23-15-11-21(12-16-23)25(4-2,24(27)28)20-9-13-22(14-10-20)26-17-7-6-8-18-26/h9-16H,3-8,17-19H2,1-2H3,(H,27,28). The summed E-state index contributed by atoms with van der Waals surface area (Å²) in [7, 11) is 0. The van der Waals surface area contributed by atoms with E-state index in [2.05, 4.69) is 24.0 Å². The molecule has 29 heavy (non-hydrogen) atoms. The largest absolute Gasteiger partial charge is 0.494 e. The smallest absolute Gasteiger partial charge is 0.318 e. The van der Waals surface area contributed by atoms with Crippen molar-refractivity contribution in [2.24, 2.45) is 0 Å². The quantitative estimate of drug-likeness (QED) is 0.559. The lowest BCUT2D eigenvalue weighted by molar-refractivity contribution is -0.142. The van der Waals surface area contributed by atoms with Crippen molar-refractivity contribution in [1.29, 1.82) is 0 Å². The maximum absolute atomic E-state index is 12.5. The van der Waals surface area contributed by atoms with E-state index in [0.29, 0.717) is 13.0 Å².